The standard InChI is InChI=1S/C24H15/c1-2-9-19-16-24-20(15-18(19)8-1)11-6-14-23(24)22-13-5-10-17-7-3-4-12-21(17)22/h1-15H. The van der Waals surface area contributed by atoms with E-state index in [0.29, 0.717) is 0 Å². The predicted molar refractivity (Wildman–Crippen MR) is 103 cm³/mol. The van der Waals surface area contributed by atoms with Crippen molar-refractivity contribution < 1.29 is 0 Å². The summed E-state index contributed by atoms with van der Waals surface area (Å²) in [7, 11) is 0. The molecule has 24 heavy (non-hydrogen) atoms. The smallest absolute Gasteiger partial charge is 0.000786 e. The number of benzene rings is 5. The number of hydrogen-bond acceptors (Lipinski definition) is 0. The molecule has 0 aromatic heterocycles. The molecule has 0 fully saturated rings. The van der Waals surface area contributed by atoms with Gasteiger partial charge in [0.05, 0.1) is 0 Å². The zero-order chi connectivity index (χ0) is 15.9. The molecule has 0 bridgehead atoms. The first-order valence-electron chi connectivity index (χ1n) is 8.22. The van der Waals surface area contributed by atoms with Gasteiger partial charge in [0.1, 0.15) is 0 Å². The van der Waals surface area contributed by atoms with E-state index in [1.165, 1.54) is 38.1 Å². The van der Waals surface area contributed by atoms with E-state index in [4.69, 9.17) is 0 Å². The lowest BCUT2D eigenvalue weighted by Crippen LogP contribution is -1.85. The van der Waals surface area contributed by atoms with Gasteiger partial charge >= 0.3 is 0 Å². The molecule has 0 aliphatic heterocycles. The van der Waals surface area contributed by atoms with Crippen LogP contribution in [0.3, 0.4) is 0 Å². The highest BCUT2D eigenvalue weighted by Gasteiger charge is 2.08. The van der Waals surface area contributed by atoms with Crippen LogP contribution >= 0.6 is 0 Å². The third kappa shape index (κ3) is 2.00. The molecule has 0 spiro atoms. The highest BCUT2D eigenvalue weighted by molar-refractivity contribution is 6.08. The molecule has 5 aromatic carbocycles. The Morgan fingerprint density at radius 3 is 2.08 bits per heavy atom. The van der Waals surface area contributed by atoms with Crippen molar-refractivity contribution in [1.82, 2.24) is 0 Å². The van der Waals surface area contributed by atoms with Gasteiger partial charge in [-0.3, -0.25) is 0 Å². The molecule has 111 valence electrons. The van der Waals surface area contributed by atoms with E-state index >= 15 is 0 Å². The maximum atomic E-state index is 3.64. The predicted octanol–water partition coefficient (Wildman–Crippen LogP) is 6.61. The molecule has 0 N–H and O–H groups in total. The highest BCUT2D eigenvalue weighted by Crippen LogP contribution is 2.35. The molecular weight excluding hydrogens is 288 g/mol. The second kappa shape index (κ2) is 5.21. The van der Waals surface area contributed by atoms with E-state index in [1.807, 2.05) is 0 Å². The van der Waals surface area contributed by atoms with Gasteiger partial charge in [0.2, 0.25) is 0 Å². The fourth-order valence-corrected chi connectivity index (χ4v) is 3.55. The summed E-state index contributed by atoms with van der Waals surface area (Å²) in [6.45, 7) is 0. The molecule has 5 aromatic rings. The normalized spacial score (nSPS) is 11.3. The number of rotatable bonds is 1. The minimum absolute atomic E-state index is 1.16. The number of hydrogen-bond donors (Lipinski definition) is 0. The second-order valence-corrected chi connectivity index (χ2v) is 6.15. The molecule has 0 saturated carbocycles. The third-order valence-corrected chi connectivity index (χ3v) is 4.71. The van der Waals surface area contributed by atoms with Crippen molar-refractivity contribution in [3.05, 3.63) is 97.1 Å². The summed E-state index contributed by atoms with van der Waals surface area (Å²) in [4.78, 5) is 0. The van der Waals surface area contributed by atoms with Crippen molar-refractivity contribution in [1.29, 1.82) is 0 Å². The fraction of sp³-hybridized carbons (Fsp3) is 0. The molecule has 0 aliphatic rings. The van der Waals surface area contributed by atoms with E-state index in [9.17, 15) is 0 Å². The molecular formula is C24H15. The van der Waals surface area contributed by atoms with Gasteiger partial charge in [0, 0.05) is 0 Å². The maximum Gasteiger partial charge on any atom is -0.000786 e. The van der Waals surface area contributed by atoms with Gasteiger partial charge in [-0.1, -0.05) is 84.9 Å². The van der Waals surface area contributed by atoms with Crippen LogP contribution in [0.15, 0.2) is 91.0 Å². The summed E-state index contributed by atoms with van der Waals surface area (Å²) in [6.07, 6.45) is 0. The average Bonchev–Trinajstić information content (AvgIpc) is 2.65. The van der Waals surface area contributed by atoms with Gasteiger partial charge in [0.15, 0.2) is 0 Å². The Balaban J connectivity index is 1.90. The first-order valence-corrected chi connectivity index (χ1v) is 8.22. The zero-order valence-electron chi connectivity index (χ0n) is 13.2. The van der Waals surface area contributed by atoms with Gasteiger partial charge in [-0.2, -0.15) is 0 Å². The molecule has 0 saturated heterocycles. The lowest BCUT2D eigenvalue weighted by Gasteiger charge is -2.11. The van der Waals surface area contributed by atoms with Crippen LogP contribution in [0.25, 0.3) is 43.4 Å². The van der Waals surface area contributed by atoms with Crippen LogP contribution in [-0.4, -0.2) is 0 Å². The Labute approximate surface area is 141 Å². The first kappa shape index (κ1) is 13.3. The van der Waals surface area contributed by atoms with Gasteiger partial charge in [-0.05, 0) is 55.6 Å². The van der Waals surface area contributed by atoms with Gasteiger partial charge in [-0.25, -0.2) is 0 Å². The summed E-state index contributed by atoms with van der Waals surface area (Å²) >= 11 is 0. The lowest BCUT2D eigenvalue weighted by molar-refractivity contribution is 1.69. The number of fused-ring (bicyclic) bond motifs is 3. The third-order valence-electron chi connectivity index (χ3n) is 4.71. The summed E-state index contributed by atoms with van der Waals surface area (Å²) in [5.41, 5.74) is 2.51. The van der Waals surface area contributed by atoms with E-state index in [1.54, 1.807) is 0 Å². The van der Waals surface area contributed by atoms with Crippen LogP contribution in [0.2, 0.25) is 0 Å². The lowest BCUT2D eigenvalue weighted by atomic mass is 9.92. The SMILES string of the molecule is [c]1c2ccccc2cc2cccc(-c3cccc4ccccc34)c12. The Hall–Kier alpha value is -3.12. The van der Waals surface area contributed by atoms with E-state index in [-0.39, 0.29) is 0 Å². The van der Waals surface area contributed by atoms with Gasteiger partial charge in [-0.15, -0.1) is 0 Å². The van der Waals surface area contributed by atoms with Crippen LogP contribution in [0, 0.1) is 6.07 Å². The maximum absolute atomic E-state index is 3.64. The Morgan fingerprint density at radius 2 is 1.17 bits per heavy atom. The molecule has 0 aliphatic carbocycles. The largest absolute Gasteiger partial charge is 0.0616 e. The second-order valence-electron chi connectivity index (χ2n) is 6.15. The summed E-state index contributed by atoms with van der Waals surface area (Å²) in [6, 6.07) is 35.9. The van der Waals surface area contributed by atoms with E-state index in [0.717, 1.165) is 5.39 Å². The van der Waals surface area contributed by atoms with Gasteiger partial charge < -0.3 is 0 Å². The van der Waals surface area contributed by atoms with E-state index < -0.39 is 0 Å². The monoisotopic (exact) mass is 303 g/mol. The van der Waals surface area contributed by atoms with E-state index in [2.05, 4.69) is 97.1 Å². The van der Waals surface area contributed by atoms with Crippen LogP contribution in [0.1, 0.15) is 0 Å². The van der Waals surface area contributed by atoms with Crippen molar-refractivity contribution in [3.63, 3.8) is 0 Å². The van der Waals surface area contributed by atoms with Crippen molar-refractivity contribution in [3.8, 4) is 11.1 Å². The van der Waals surface area contributed by atoms with Crippen LogP contribution in [-0.2, 0) is 0 Å². The van der Waals surface area contributed by atoms with Gasteiger partial charge in [0.25, 0.3) is 0 Å². The van der Waals surface area contributed by atoms with Crippen molar-refractivity contribution >= 4 is 32.3 Å². The van der Waals surface area contributed by atoms with Crippen LogP contribution < -0.4 is 0 Å². The average molecular weight is 303 g/mol. The Kier molecular flexibility index (Phi) is 2.89. The Morgan fingerprint density at radius 1 is 0.500 bits per heavy atom. The summed E-state index contributed by atoms with van der Waals surface area (Å²) < 4.78 is 0. The first-order chi connectivity index (χ1) is 11.9. The minimum Gasteiger partial charge on any atom is -0.0616 e. The molecule has 0 heteroatoms. The van der Waals surface area contributed by atoms with Crippen molar-refractivity contribution in [2.75, 3.05) is 0 Å². The molecule has 0 atom stereocenters. The molecule has 1 radical (unpaired) electrons. The molecule has 0 nitrogen and oxygen atoms in total. The van der Waals surface area contributed by atoms with Crippen molar-refractivity contribution in [2.45, 2.75) is 0 Å². The minimum atomic E-state index is 1.16. The Bertz CT molecular complexity index is 1190. The van der Waals surface area contributed by atoms with Crippen LogP contribution in [0.5, 0.6) is 0 Å². The molecule has 0 amide bonds. The fourth-order valence-electron chi connectivity index (χ4n) is 3.55. The molecule has 5 rings (SSSR count). The van der Waals surface area contributed by atoms with Crippen LogP contribution in [0.4, 0.5) is 0 Å². The summed E-state index contributed by atoms with van der Waals surface area (Å²) in [5, 5.41) is 7.38. The highest BCUT2D eigenvalue weighted by atomic mass is 14.1. The topological polar surface area (TPSA) is 0 Å². The zero-order valence-corrected chi connectivity index (χ0v) is 13.2. The summed E-state index contributed by atoms with van der Waals surface area (Å²) in [5.74, 6) is 0. The molecule has 0 heterocycles. The molecule has 0 unspecified atom stereocenters. The quantitative estimate of drug-likeness (QED) is 0.305. The van der Waals surface area contributed by atoms with Crippen molar-refractivity contribution in [2.24, 2.45) is 0 Å².